The molecule has 1 atom stereocenters. The van der Waals surface area contributed by atoms with Crippen molar-refractivity contribution in [2.45, 2.75) is 50.4 Å². The van der Waals surface area contributed by atoms with Crippen LogP contribution in [-0.4, -0.2) is 94.8 Å². The van der Waals surface area contributed by atoms with Crippen LogP contribution < -0.4 is 5.32 Å². The number of imidazole rings is 1. The smallest absolute Gasteiger partial charge is 0.475 e. The molecule has 2 fully saturated rings. The van der Waals surface area contributed by atoms with E-state index in [9.17, 15) is 32.3 Å². The number of alkyl halides is 3. The number of halogens is 3. The molecule has 17 heteroatoms. The number of aromatic amines is 1. The summed E-state index contributed by atoms with van der Waals surface area (Å²) in [6.45, 7) is 1.53. The fourth-order valence-corrected chi connectivity index (χ4v) is 5.24. The van der Waals surface area contributed by atoms with E-state index >= 15 is 0 Å². The first-order valence-corrected chi connectivity index (χ1v) is 13.2. The summed E-state index contributed by atoms with van der Waals surface area (Å²) in [6, 6.07) is 4.59. The standard InChI is InChI=1S/C24H24N8O4.C2HF3O2/c33-21-4-3-20(22(34)27-21)31-11-15-9-16(1-2-17(15)23(31)35)32-12-19(28-29-32)24(36)30-7-5-14(6-8-30)18-10-25-13-26-18;3-2(4,5)1(6)7/h1-2,9-10,12-14,20H,3-8,11H2,(H,25,26)(H,27,33,34);(H,6,7). The maximum absolute atomic E-state index is 13.0. The first-order chi connectivity index (χ1) is 20.4. The van der Waals surface area contributed by atoms with Gasteiger partial charge in [-0.15, -0.1) is 5.10 Å². The molecule has 5 heterocycles. The second-order valence-corrected chi connectivity index (χ2v) is 10.2. The van der Waals surface area contributed by atoms with Crippen molar-refractivity contribution in [3.63, 3.8) is 0 Å². The molecule has 14 nitrogen and oxygen atoms in total. The van der Waals surface area contributed by atoms with Crippen LogP contribution in [0.3, 0.4) is 0 Å². The van der Waals surface area contributed by atoms with Crippen molar-refractivity contribution < 1.29 is 42.3 Å². The number of fused-ring (bicyclic) bond motifs is 1. The van der Waals surface area contributed by atoms with E-state index in [1.54, 1.807) is 29.6 Å². The van der Waals surface area contributed by atoms with Crippen LogP contribution in [0.4, 0.5) is 13.2 Å². The summed E-state index contributed by atoms with van der Waals surface area (Å²) < 4.78 is 33.3. The largest absolute Gasteiger partial charge is 0.490 e. The topological polar surface area (TPSA) is 183 Å². The maximum Gasteiger partial charge on any atom is 0.490 e. The summed E-state index contributed by atoms with van der Waals surface area (Å²) in [5.74, 6) is -3.56. The number of aromatic nitrogens is 5. The van der Waals surface area contributed by atoms with Gasteiger partial charge in [-0.1, -0.05) is 5.21 Å². The van der Waals surface area contributed by atoms with E-state index in [-0.39, 0.29) is 36.4 Å². The average Bonchev–Trinajstić information content (AvgIpc) is 3.74. The molecule has 0 radical (unpaired) electrons. The van der Waals surface area contributed by atoms with Gasteiger partial charge in [0.15, 0.2) is 5.69 Å². The number of amides is 4. The normalized spacial score (nSPS) is 19.0. The molecule has 0 bridgehead atoms. The van der Waals surface area contributed by atoms with E-state index in [2.05, 4.69) is 25.6 Å². The van der Waals surface area contributed by atoms with E-state index in [0.29, 0.717) is 36.7 Å². The molecule has 0 saturated carbocycles. The van der Waals surface area contributed by atoms with Crippen molar-refractivity contribution in [3.05, 3.63) is 59.4 Å². The fourth-order valence-electron chi connectivity index (χ4n) is 5.24. The highest BCUT2D eigenvalue weighted by atomic mass is 19.4. The van der Waals surface area contributed by atoms with Gasteiger partial charge in [0.1, 0.15) is 6.04 Å². The summed E-state index contributed by atoms with van der Waals surface area (Å²) in [6.07, 6.45) is 2.24. The quantitative estimate of drug-likeness (QED) is 0.372. The van der Waals surface area contributed by atoms with Crippen LogP contribution in [0.25, 0.3) is 5.69 Å². The second kappa shape index (κ2) is 11.7. The molecule has 3 aliphatic heterocycles. The molecule has 0 spiro atoms. The second-order valence-electron chi connectivity index (χ2n) is 10.2. The third-order valence-corrected chi connectivity index (χ3v) is 7.47. The highest BCUT2D eigenvalue weighted by Crippen LogP contribution is 2.30. The van der Waals surface area contributed by atoms with Gasteiger partial charge in [0.05, 0.1) is 18.2 Å². The van der Waals surface area contributed by atoms with Gasteiger partial charge in [-0.05, 0) is 43.0 Å². The number of benzene rings is 1. The van der Waals surface area contributed by atoms with Gasteiger partial charge in [-0.2, -0.15) is 13.2 Å². The van der Waals surface area contributed by atoms with E-state index in [1.807, 2.05) is 12.3 Å². The molecule has 3 N–H and O–H groups in total. The SMILES string of the molecule is O=C(O)C(F)(F)F.O=C1CCC(N2Cc3cc(-n4cc(C(=O)N5CCC(c6cnc[nH]6)CC5)nn4)ccc3C2=O)C(=O)N1. The van der Waals surface area contributed by atoms with Crippen LogP contribution in [-0.2, 0) is 20.9 Å². The first kappa shape index (κ1) is 29.4. The molecule has 2 saturated heterocycles. The number of carboxylic acid groups (broad SMARTS) is 1. The van der Waals surface area contributed by atoms with Crippen LogP contribution in [0.15, 0.2) is 36.9 Å². The first-order valence-electron chi connectivity index (χ1n) is 13.2. The summed E-state index contributed by atoms with van der Waals surface area (Å²) >= 11 is 0. The molecule has 43 heavy (non-hydrogen) atoms. The van der Waals surface area contributed by atoms with Gasteiger partial charge in [0, 0.05) is 49.4 Å². The number of rotatable bonds is 4. The highest BCUT2D eigenvalue weighted by molar-refractivity contribution is 6.05. The predicted molar refractivity (Wildman–Crippen MR) is 138 cm³/mol. The Bertz CT molecular complexity index is 1560. The van der Waals surface area contributed by atoms with E-state index < -0.39 is 24.1 Å². The number of carbonyl (C=O) groups is 5. The average molecular weight is 603 g/mol. The number of H-pyrrole nitrogens is 1. The van der Waals surface area contributed by atoms with Crippen molar-refractivity contribution in [2.75, 3.05) is 13.1 Å². The molecular weight excluding hydrogens is 577 g/mol. The molecule has 3 aromatic rings. The zero-order chi connectivity index (χ0) is 30.9. The van der Waals surface area contributed by atoms with E-state index in [1.165, 1.54) is 9.58 Å². The number of hydrogen-bond acceptors (Lipinski definition) is 8. The third-order valence-electron chi connectivity index (χ3n) is 7.47. The Kier molecular flexibility index (Phi) is 7.97. The molecular formula is C26H25F3N8O6. The molecule has 2 aromatic heterocycles. The minimum absolute atomic E-state index is 0.162. The molecule has 0 aliphatic carbocycles. The van der Waals surface area contributed by atoms with Crippen molar-refractivity contribution in [3.8, 4) is 5.69 Å². The Hall–Kier alpha value is -5.09. The highest BCUT2D eigenvalue weighted by Gasteiger charge is 2.39. The van der Waals surface area contributed by atoms with Crippen LogP contribution in [0.5, 0.6) is 0 Å². The fraction of sp³-hybridized carbons (Fsp3) is 0.385. The number of piperidine rings is 2. The number of likely N-dealkylation sites (tertiary alicyclic amines) is 1. The number of imide groups is 1. The van der Waals surface area contributed by atoms with Gasteiger partial charge in [-0.25, -0.2) is 14.5 Å². The minimum atomic E-state index is -5.08. The van der Waals surface area contributed by atoms with Crippen molar-refractivity contribution in [1.29, 1.82) is 0 Å². The lowest BCUT2D eigenvalue weighted by molar-refractivity contribution is -0.192. The number of carboxylic acids is 1. The lowest BCUT2D eigenvalue weighted by Crippen LogP contribution is -2.52. The lowest BCUT2D eigenvalue weighted by Gasteiger charge is -2.30. The number of hydrogen-bond donors (Lipinski definition) is 3. The minimum Gasteiger partial charge on any atom is -0.475 e. The number of nitrogens with zero attached hydrogens (tertiary/aromatic N) is 6. The van der Waals surface area contributed by atoms with E-state index in [0.717, 1.165) is 24.1 Å². The van der Waals surface area contributed by atoms with Gasteiger partial charge in [-0.3, -0.25) is 24.5 Å². The summed E-state index contributed by atoms with van der Waals surface area (Å²) in [4.78, 5) is 69.1. The predicted octanol–water partition coefficient (Wildman–Crippen LogP) is 1.40. The lowest BCUT2D eigenvalue weighted by atomic mass is 9.94. The molecule has 4 amide bonds. The number of carbonyl (C=O) groups excluding carboxylic acids is 4. The van der Waals surface area contributed by atoms with Crippen LogP contribution in [0, 0.1) is 0 Å². The Morgan fingerprint density at radius 1 is 1.07 bits per heavy atom. The van der Waals surface area contributed by atoms with E-state index in [4.69, 9.17) is 9.90 Å². The van der Waals surface area contributed by atoms with Crippen LogP contribution >= 0.6 is 0 Å². The monoisotopic (exact) mass is 602 g/mol. The molecule has 226 valence electrons. The van der Waals surface area contributed by atoms with Crippen LogP contribution in [0.2, 0.25) is 0 Å². The molecule has 6 rings (SSSR count). The number of aliphatic carboxylic acids is 1. The van der Waals surface area contributed by atoms with Crippen molar-refractivity contribution in [2.24, 2.45) is 0 Å². The van der Waals surface area contributed by atoms with Crippen molar-refractivity contribution in [1.82, 2.24) is 40.1 Å². The molecule has 1 unspecified atom stereocenters. The number of nitrogens with one attached hydrogen (secondary N) is 2. The zero-order valence-corrected chi connectivity index (χ0v) is 22.4. The zero-order valence-electron chi connectivity index (χ0n) is 22.4. The Morgan fingerprint density at radius 3 is 2.42 bits per heavy atom. The Balaban J connectivity index is 0.000000472. The van der Waals surface area contributed by atoms with Gasteiger partial charge in [0.25, 0.3) is 11.8 Å². The van der Waals surface area contributed by atoms with Crippen molar-refractivity contribution >= 4 is 29.6 Å². The summed E-state index contributed by atoms with van der Waals surface area (Å²) in [5, 5.41) is 17.7. The molecule has 3 aliphatic rings. The summed E-state index contributed by atoms with van der Waals surface area (Å²) in [5.41, 5.74) is 3.29. The Labute approximate surface area is 240 Å². The van der Waals surface area contributed by atoms with Gasteiger partial charge < -0.3 is 19.9 Å². The maximum atomic E-state index is 13.0. The van der Waals surface area contributed by atoms with Crippen LogP contribution in [0.1, 0.15) is 63.7 Å². The molecule has 1 aromatic carbocycles. The summed E-state index contributed by atoms with van der Waals surface area (Å²) in [7, 11) is 0. The third kappa shape index (κ3) is 6.24. The van der Waals surface area contributed by atoms with Gasteiger partial charge in [0.2, 0.25) is 11.8 Å². The van der Waals surface area contributed by atoms with Gasteiger partial charge >= 0.3 is 12.1 Å². The Morgan fingerprint density at radius 2 is 1.79 bits per heavy atom.